The Bertz CT molecular complexity index is 925. The molecule has 0 radical (unpaired) electrons. The Labute approximate surface area is 153 Å². The second-order valence-corrected chi connectivity index (χ2v) is 6.49. The minimum absolute atomic E-state index is 0.296. The highest BCUT2D eigenvalue weighted by Gasteiger charge is 2.20. The molecule has 5 nitrogen and oxygen atoms in total. The summed E-state index contributed by atoms with van der Waals surface area (Å²) in [6.45, 7) is 1.76. The van der Waals surface area contributed by atoms with Crippen LogP contribution >= 0.6 is 0 Å². The van der Waals surface area contributed by atoms with E-state index in [9.17, 15) is 0 Å². The molecule has 1 aliphatic rings. The first-order chi connectivity index (χ1) is 12.7. The van der Waals surface area contributed by atoms with Gasteiger partial charge >= 0.3 is 0 Å². The maximum Gasteiger partial charge on any atom is 0.221 e. The topological polar surface area (TPSA) is 64.3 Å². The predicted octanol–water partition coefficient (Wildman–Crippen LogP) is 3.69. The molecule has 26 heavy (non-hydrogen) atoms. The lowest BCUT2D eigenvalue weighted by atomic mass is 10.0. The molecular formula is C21H22N4O. The molecule has 0 aliphatic carbocycles. The number of methoxy groups -OCH3 is 1. The molecule has 0 bridgehead atoms. The van der Waals surface area contributed by atoms with Crippen molar-refractivity contribution in [2.24, 2.45) is 0 Å². The van der Waals surface area contributed by atoms with Gasteiger partial charge in [0.25, 0.3) is 0 Å². The molecule has 0 atom stereocenters. The number of fused-ring (bicyclic) bond motifs is 1. The molecule has 0 unspecified atom stereocenters. The summed E-state index contributed by atoms with van der Waals surface area (Å²) in [5.41, 5.74) is 10.7. The fourth-order valence-electron chi connectivity index (χ4n) is 3.50. The van der Waals surface area contributed by atoms with E-state index in [0.717, 1.165) is 48.6 Å². The fourth-order valence-corrected chi connectivity index (χ4v) is 3.50. The van der Waals surface area contributed by atoms with Crippen LogP contribution in [0.2, 0.25) is 0 Å². The van der Waals surface area contributed by atoms with Crippen LogP contribution in [-0.2, 0) is 13.0 Å². The smallest absolute Gasteiger partial charge is 0.221 e. The second-order valence-electron chi connectivity index (χ2n) is 6.49. The van der Waals surface area contributed by atoms with Gasteiger partial charge in [0.15, 0.2) is 0 Å². The zero-order valence-corrected chi connectivity index (χ0v) is 14.9. The number of nitrogens with two attached hydrogens (primary N) is 1. The van der Waals surface area contributed by atoms with Crippen LogP contribution in [-0.4, -0.2) is 23.6 Å². The van der Waals surface area contributed by atoms with Gasteiger partial charge in [0.1, 0.15) is 11.6 Å². The molecule has 2 N–H and O–H groups in total. The SMILES string of the molecule is COc1cccc(-c2cnc(N)nc2N2CCCc3ccccc3C2)c1. The number of hydrogen-bond donors (Lipinski definition) is 1. The zero-order chi connectivity index (χ0) is 17.9. The maximum atomic E-state index is 5.93. The van der Waals surface area contributed by atoms with Gasteiger partial charge in [0.05, 0.1) is 7.11 Å². The summed E-state index contributed by atoms with van der Waals surface area (Å²) < 4.78 is 5.37. The third-order valence-corrected chi connectivity index (χ3v) is 4.82. The number of nitrogen functional groups attached to an aromatic ring is 1. The van der Waals surface area contributed by atoms with Crippen molar-refractivity contribution in [1.82, 2.24) is 9.97 Å². The molecule has 0 amide bonds. The van der Waals surface area contributed by atoms with Crippen molar-refractivity contribution in [3.05, 3.63) is 65.9 Å². The lowest BCUT2D eigenvalue weighted by Gasteiger charge is -2.24. The van der Waals surface area contributed by atoms with Crippen LogP contribution in [0.15, 0.2) is 54.7 Å². The van der Waals surface area contributed by atoms with Crippen molar-refractivity contribution in [2.45, 2.75) is 19.4 Å². The van der Waals surface area contributed by atoms with E-state index < -0.39 is 0 Å². The van der Waals surface area contributed by atoms with Crippen LogP contribution < -0.4 is 15.4 Å². The largest absolute Gasteiger partial charge is 0.497 e. The number of nitrogens with zero attached hydrogens (tertiary/aromatic N) is 3. The fraction of sp³-hybridized carbons (Fsp3) is 0.238. The summed E-state index contributed by atoms with van der Waals surface area (Å²) in [5.74, 6) is 1.98. The molecule has 0 saturated carbocycles. The molecule has 0 saturated heterocycles. The van der Waals surface area contributed by atoms with Crippen LogP contribution in [0.4, 0.5) is 11.8 Å². The first-order valence-corrected chi connectivity index (χ1v) is 8.83. The van der Waals surface area contributed by atoms with Crippen LogP contribution in [0.25, 0.3) is 11.1 Å². The van der Waals surface area contributed by atoms with E-state index in [4.69, 9.17) is 10.5 Å². The van der Waals surface area contributed by atoms with Gasteiger partial charge in [-0.15, -0.1) is 0 Å². The molecule has 2 aromatic carbocycles. The highest BCUT2D eigenvalue weighted by atomic mass is 16.5. The number of aryl methyl sites for hydroxylation is 1. The number of anilines is 2. The van der Waals surface area contributed by atoms with E-state index in [0.29, 0.717) is 5.95 Å². The van der Waals surface area contributed by atoms with E-state index in [1.54, 1.807) is 7.11 Å². The van der Waals surface area contributed by atoms with Gasteiger partial charge in [-0.2, -0.15) is 4.98 Å². The molecule has 1 aliphatic heterocycles. The van der Waals surface area contributed by atoms with Crippen molar-refractivity contribution < 1.29 is 4.74 Å². The Balaban J connectivity index is 1.77. The summed E-state index contributed by atoms with van der Waals surface area (Å²) >= 11 is 0. The Morgan fingerprint density at radius 1 is 1.08 bits per heavy atom. The highest BCUT2D eigenvalue weighted by Crippen LogP contribution is 2.33. The number of hydrogen-bond acceptors (Lipinski definition) is 5. The number of aromatic nitrogens is 2. The summed E-state index contributed by atoms with van der Waals surface area (Å²) in [4.78, 5) is 11.1. The quantitative estimate of drug-likeness (QED) is 0.783. The number of ether oxygens (including phenoxy) is 1. The maximum absolute atomic E-state index is 5.93. The molecule has 1 aromatic heterocycles. The minimum Gasteiger partial charge on any atom is -0.497 e. The first kappa shape index (κ1) is 16.4. The van der Waals surface area contributed by atoms with Gasteiger partial charge in [0.2, 0.25) is 5.95 Å². The summed E-state index contributed by atoms with van der Waals surface area (Å²) in [7, 11) is 1.67. The molecule has 3 aromatic rings. The van der Waals surface area contributed by atoms with Gasteiger partial charge in [-0.1, -0.05) is 36.4 Å². The van der Waals surface area contributed by atoms with Crippen molar-refractivity contribution in [3.8, 4) is 16.9 Å². The average Bonchev–Trinajstić information content (AvgIpc) is 2.90. The van der Waals surface area contributed by atoms with Gasteiger partial charge in [-0.3, -0.25) is 0 Å². The van der Waals surface area contributed by atoms with Crippen LogP contribution in [0.5, 0.6) is 5.75 Å². The summed E-state index contributed by atoms with van der Waals surface area (Å²) in [6.07, 6.45) is 3.98. The predicted molar refractivity (Wildman–Crippen MR) is 104 cm³/mol. The van der Waals surface area contributed by atoms with Crippen molar-refractivity contribution in [3.63, 3.8) is 0 Å². The second kappa shape index (κ2) is 7.04. The molecule has 4 rings (SSSR count). The van der Waals surface area contributed by atoms with E-state index in [-0.39, 0.29) is 0 Å². The summed E-state index contributed by atoms with van der Waals surface area (Å²) in [6, 6.07) is 16.6. The van der Waals surface area contributed by atoms with E-state index in [1.165, 1.54) is 11.1 Å². The lowest BCUT2D eigenvalue weighted by Crippen LogP contribution is -2.25. The van der Waals surface area contributed by atoms with Gasteiger partial charge in [-0.25, -0.2) is 4.98 Å². The molecular weight excluding hydrogens is 324 g/mol. The van der Waals surface area contributed by atoms with E-state index >= 15 is 0 Å². The highest BCUT2D eigenvalue weighted by molar-refractivity contribution is 5.76. The van der Waals surface area contributed by atoms with Crippen LogP contribution in [0, 0.1) is 0 Å². The third kappa shape index (κ3) is 3.20. The van der Waals surface area contributed by atoms with Gasteiger partial charge in [-0.05, 0) is 41.7 Å². The molecule has 0 spiro atoms. The molecule has 0 fully saturated rings. The van der Waals surface area contributed by atoms with Crippen molar-refractivity contribution in [1.29, 1.82) is 0 Å². The van der Waals surface area contributed by atoms with E-state index in [1.807, 2.05) is 30.5 Å². The summed E-state index contributed by atoms with van der Waals surface area (Å²) in [5, 5.41) is 0. The Hall–Kier alpha value is -3.08. The Morgan fingerprint density at radius 2 is 1.92 bits per heavy atom. The molecule has 5 heteroatoms. The third-order valence-electron chi connectivity index (χ3n) is 4.82. The minimum atomic E-state index is 0.296. The average molecular weight is 346 g/mol. The Kier molecular flexibility index (Phi) is 4.44. The first-order valence-electron chi connectivity index (χ1n) is 8.83. The molecule has 132 valence electrons. The standard InChI is InChI=1S/C21H22N4O/c1-26-18-10-4-8-16(12-18)19-13-23-21(22)24-20(19)25-11-5-9-15-6-2-3-7-17(15)14-25/h2-4,6-8,10,12-13H,5,9,11,14H2,1H3,(H2,22,23,24). The normalized spacial score (nSPS) is 13.8. The van der Waals surface area contributed by atoms with Gasteiger partial charge < -0.3 is 15.4 Å². The van der Waals surface area contributed by atoms with E-state index in [2.05, 4.69) is 39.1 Å². The van der Waals surface area contributed by atoms with Crippen molar-refractivity contribution in [2.75, 3.05) is 24.3 Å². The van der Waals surface area contributed by atoms with Crippen molar-refractivity contribution >= 4 is 11.8 Å². The Morgan fingerprint density at radius 3 is 2.77 bits per heavy atom. The lowest BCUT2D eigenvalue weighted by molar-refractivity contribution is 0.415. The molecule has 2 heterocycles. The number of rotatable bonds is 3. The monoisotopic (exact) mass is 346 g/mol. The zero-order valence-electron chi connectivity index (χ0n) is 14.9. The van der Waals surface area contributed by atoms with Crippen LogP contribution in [0.1, 0.15) is 17.5 Å². The van der Waals surface area contributed by atoms with Gasteiger partial charge in [0, 0.05) is 24.8 Å². The van der Waals surface area contributed by atoms with Crippen LogP contribution in [0.3, 0.4) is 0 Å². The number of benzene rings is 2.